The number of carbonyl (C=O) groups excluding carboxylic acids is 1. The fraction of sp³-hybridized carbons (Fsp3) is 0.750. The van der Waals surface area contributed by atoms with Crippen molar-refractivity contribution in [2.24, 2.45) is 0 Å². The second kappa shape index (κ2) is 6.01. The lowest BCUT2D eigenvalue weighted by atomic mass is 9.87. The predicted octanol–water partition coefficient (Wildman–Crippen LogP) is 1.51. The van der Waals surface area contributed by atoms with E-state index < -0.39 is 11.1 Å². The monoisotopic (exact) mass is 229 g/mol. The second-order valence-corrected chi connectivity index (χ2v) is 4.63. The predicted molar refractivity (Wildman–Crippen MR) is 64.3 cm³/mol. The largest absolute Gasteiger partial charge is 0.468 e. The molecule has 1 N–H and O–H groups in total. The molecule has 0 heterocycles. The Labute approximate surface area is 98.0 Å². The van der Waals surface area contributed by atoms with E-state index in [1.807, 2.05) is 20.8 Å². The van der Waals surface area contributed by atoms with Gasteiger partial charge < -0.3 is 9.47 Å². The van der Waals surface area contributed by atoms with Gasteiger partial charge in [0.15, 0.2) is 0 Å². The van der Waals surface area contributed by atoms with E-state index in [9.17, 15) is 4.79 Å². The minimum atomic E-state index is -0.761. The summed E-state index contributed by atoms with van der Waals surface area (Å²) in [7, 11) is 3.02. The topological polar surface area (TPSA) is 47.6 Å². The summed E-state index contributed by atoms with van der Waals surface area (Å²) in [5.41, 5.74) is -1.15. The van der Waals surface area contributed by atoms with Crippen molar-refractivity contribution < 1.29 is 14.3 Å². The molecular formula is C12H23NO3. The number of hydrogen-bond donors (Lipinski definition) is 1. The molecule has 0 radical (unpaired) electrons. The van der Waals surface area contributed by atoms with E-state index >= 15 is 0 Å². The van der Waals surface area contributed by atoms with Crippen molar-refractivity contribution in [2.45, 2.75) is 38.3 Å². The Kier molecular flexibility index (Phi) is 5.68. The van der Waals surface area contributed by atoms with Crippen LogP contribution in [-0.4, -0.2) is 37.9 Å². The molecular weight excluding hydrogens is 206 g/mol. The van der Waals surface area contributed by atoms with Crippen LogP contribution in [0.4, 0.5) is 0 Å². The molecule has 0 rings (SSSR count). The van der Waals surface area contributed by atoms with E-state index in [1.165, 1.54) is 7.11 Å². The Balaban J connectivity index is 4.78. The van der Waals surface area contributed by atoms with Crippen molar-refractivity contribution in [2.75, 3.05) is 20.8 Å². The van der Waals surface area contributed by atoms with Gasteiger partial charge in [0, 0.05) is 20.1 Å². The number of ether oxygens (including phenoxy) is 2. The summed E-state index contributed by atoms with van der Waals surface area (Å²) in [5.74, 6) is -0.292. The Morgan fingerprint density at radius 2 is 1.94 bits per heavy atom. The van der Waals surface area contributed by atoms with E-state index in [2.05, 4.69) is 11.9 Å². The second-order valence-electron chi connectivity index (χ2n) is 4.63. The molecule has 0 aromatic heterocycles. The molecule has 0 aliphatic heterocycles. The zero-order chi connectivity index (χ0) is 12.8. The number of carbonyl (C=O) groups is 1. The SMILES string of the molecule is C=CCNC(C)(CC(C)(C)OC)C(=O)OC. The maximum Gasteiger partial charge on any atom is 0.325 e. The first kappa shape index (κ1) is 15.1. The van der Waals surface area contributed by atoms with Gasteiger partial charge >= 0.3 is 5.97 Å². The first-order valence-electron chi connectivity index (χ1n) is 5.31. The number of esters is 1. The van der Waals surface area contributed by atoms with Gasteiger partial charge in [0.2, 0.25) is 0 Å². The molecule has 1 atom stereocenters. The Morgan fingerprint density at radius 1 is 1.38 bits per heavy atom. The van der Waals surface area contributed by atoms with Crippen LogP contribution in [0.2, 0.25) is 0 Å². The average Bonchev–Trinajstić information content (AvgIpc) is 2.24. The highest BCUT2D eigenvalue weighted by Gasteiger charge is 2.39. The Hall–Kier alpha value is -0.870. The van der Waals surface area contributed by atoms with Crippen LogP contribution < -0.4 is 5.32 Å². The molecule has 0 aliphatic carbocycles. The quantitative estimate of drug-likeness (QED) is 0.531. The van der Waals surface area contributed by atoms with Crippen LogP contribution in [0.15, 0.2) is 12.7 Å². The molecule has 16 heavy (non-hydrogen) atoms. The molecule has 0 spiro atoms. The van der Waals surface area contributed by atoms with Crippen LogP contribution in [0, 0.1) is 0 Å². The van der Waals surface area contributed by atoms with Gasteiger partial charge in [0.25, 0.3) is 0 Å². The summed E-state index contributed by atoms with van der Waals surface area (Å²) in [6.07, 6.45) is 2.23. The molecule has 0 aliphatic rings. The van der Waals surface area contributed by atoms with Gasteiger partial charge in [-0.25, -0.2) is 0 Å². The van der Waals surface area contributed by atoms with Crippen LogP contribution in [0.3, 0.4) is 0 Å². The van der Waals surface area contributed by atoms with Crippen molar-refractivity contribution in [1.29, 1.82) is 0 Å². The summed E-state index contributed by atoms with van der Waals surface area (Å²) in [6.45, 7) is 9.84. The lowest BCUT2D eigenvalue weighted by molar-refractivity contribution is -0.151. The molecule has 0 aromatic rings. The fourth-order valence-corrected chi connectivity index (χ4v) is 1.65. The lowest BCUT2D eigenvalue weighted by Gasteiger charge is -2.35. The summed E-state index contributed by atoms with van der Waals surface area (Å²) < 4.78 is 10.1. The highest BCUT2D eigenvalue weighted by Crippen LogP contribution is 2.24. The van der Waals surface area contributed by atoms with Gasteiger partial charge in [-0.3, -0.25) is 10.1 Å². The average molecular weight is 229 g/mol. The third-order valence-electron chi connectivity index (χ3n) is 2.60. The first-order chi connectivity index (χ1) is 7.31. The maximum atomic E-state index is 11.8. The normalized spacial score (nSPS) is 15.3. The van der Waals surface area contributed by atoms with E-state index in [4.69, 9.17) is 9.47 Å². The number of hydrogen-bond acceptors (Lipinski definition) is 4. The summed E-state index contributed by atoms with van der Waals surface area (Å²) >= 11 is 0. The first-order valence-corrected chi connectivity index (χ1v) is 5.31. The van der Waals surface area contributed by atoms with E-state index in [0.717, 1.165) is 0 Å². The van der Waals surface area contributed by atoms with Crippen molar-refractivity contribution in [3.63, 3.8) is 0 Å². The van der Waals surface area contributed by atoms with Gasteiger partial charge in [-0.2, -0.15) is 0 Å². The lowest BCUT2D eigenvalue weighted by Crippen LogP contribution is -2.54. The minimum Gasteiger partial charge on any atom is -0.468 e. The molecule has 1 unspecified atom stereocenters. The molecule has 0 fully saturated rings. The van der Waals surface area contributed by atoms with Crippen molar-refractivity contribution in [3.05, 3.63) is 12.7 Å². The molecule has 0 saturated heterocycles. The Morgan fingerprint density at radius 3 is 2.31 bits per heavy atom. The third-order valence-corrected chi connectivity index (χ3v) is 2.60. The summed E-state index contributed by atoms with van der Waals surface area (Å²) in [4.78, 5) is 11.8. The molecule has 0 amide bonds. The molecule has 94 valence electrons. The smallest absolute Gasteiger partial charge is 0.325 e. The highest BCUT2D eigenvalue weighted by molar-refractivity contribution is 5.80. The standard InChI is InChI=1S/C12H23NO3/c1-7-8-13-12(4,10(14)15-5)9-11(2,3)16-6/h7,13H,1,8-9H2,2-6H3. The zero-order valence-electron chi connectivity index (χ0n) is 10.9. The van der Waals surface area contributed by atoms with Crippen LogP contribution in [0.5, 0.6) is 0 Å². The number of rotatable bonds is 7. The molecule has 4 heteroatoms. The van der Waals surface area contributed by atoms with Crippen molar-refractivity contribution in [1.82, 2.24) is 5.32 Å². The van der Waals surface area contributed by atoms with Crippen LogP contribution in [0.1, 0.15) is 27.2 Å². The van der Waals surface area contributed by atoms with Crippen LogP contribution in [0.25, 0.3) is 0 Å². The zero-order valence-corrected chi connectivity index (χ0v) is 10.9. The summed E-state index contributed by atoms with van der Waals surface area (Å²) in [5, 5.41) is 3.11. The highest BCUT2D eigenvalue weighted by atomic mass is 16.5. The Bertz CT molecular complexity index is 251. The fourth-order valence-electron chi connectivity index (χ4n) is 1.65. The van der Waals surface area contributed by atoms with Gasteiger partial charge in [0.05, 0.1) is 12.7 Å². The van der Waals surface area contributed by atoms with Crippen molar-refractivity contribution >= 4 is 5.97 Å². The van der Waals surface area contributed by atoms with Gasteiger partial charge in [-0.15, -0.1) is 6.58 Å². The van der Waals surface area contributed by atoms with Gasteiger partial charge in [0.1, 0.15) is 5.54 Å². The molecule has 0 bridgehead atoms. The van der Waals surface area contributed by atoms with E-state index in [-0.39, 0.29) is 5.97 Å². The van der Waals surface area contributed by atoms with Crippen LogP contribution in [-0.2, 0) is 14.3 Å². The number of methoxy groups -OCH3 is 2. The van der Waals surface area contributed by atoms with Crippen LogP contribution >= 0.6 is 0 Å². The maximum absolute atomic E-state index is 11.8. The van der Waals surface area contributed by atoms with E-state index in [0.29, 0.717) is 13.0 Å². The van der Waals surface area contributed by atoms with E-state index in [1.54, 1.807) is 13.2 Å². The molecule has 0 saturated carbocycles. The minimum absolute atomic E-state index is 0.292. The number of nitrogens with one attached hydrogen (secondary N) is 1. The van der Waals surface area contributed by atoms with Crippen molar-refractivity contribution in [3.8, 4) is 0 Å². The van der Waals surface area contributed by atoms with Gasteiger partial charge in [-0.05, 0) is 20.8 Å². The molecule has 4 nitrogen and oxygen atoms in total. The molecule has 0 aromatic carbocycles. The third kappa shape index (κ3) is 4.33. The summed E-state index contributed by atoms with van der Waals surface area (Å²) in [6, 6.07) is 0. The van der Waals surface area contributed by atoms with Gasteiger partial charge in [-0.1, -0.05) is 6.08 Å².